The molecular weight excluding hydrogens is 328 g/mol. The number of rotatable bonds is 6. The van der Waals surface area contributed by atoms with Gasteiger partial charge in [0.05, 0.1) is 11.8 Å². The summed E-state index contributed by atoms with van der Waals surface area (Å²) in [7, 11) is 0. The van der Waals surface area contributed by atoms with E-state index in [1.807, 2.05) is 31.2 Å². The van der Waals surface area contributed by atoms with Crippen molar-refractivity contribution in [3.05, 3.63) is 47.5 Å². The summed E-state index contributed by atoms with van der Waals surface area (Å²) in [6, 6.07) is 7.69. The van der Waals surface area contributed by atoms with Gasteiger partial charge in [0.2, 0.25) is 0 Å². The van der Waals surface area contributed by atoms with E-state index >= 15 is 0 Å². The highest BCUT2D eigenvalue weighted by atomic mass is 16.3. The van der Waals surface area contributed by atoms with E-state index in [4.69, 9.17) is 0 Å². The van der Waals surface area contributed by atoms with Gasteiger partial charge in [0.1, 0.15) is 5.69 Å². The Bertz CT molecular complexity index is 742. The zero-order valence-corrected chi connectivity index (χ0v) is 15.8. The number of likely N-dealkylation sites (tertiary alicyclic amines) is 1. The van der Waals surface area contributed by atoms with Gasteiger partial charge in [-0.15, -0.1) is 0 Å². The molecule has 1 N–H and O–H groups in total. The number of hydrogen-bond acceptors (Lipinski definition) is 4. The Kier molecular flexibility index (Phi) is 5.71. The van der Waals surface area contributed by atoms with Gasteiger partial charge in [-0.05, 0) is 43.9 Å². The van der Waals surface area contributed by atoms with Gasteiger partial charge in [0.15, 0.2) is 0 Å². The van der Waals surface area contributed by atoms with Crippen molar-refractivity contribution in [2.45, 2.75) is 46.3 Å². The third-order valence-electron chi connectivity index (χ3n) is 4.86. The van der Waals surface area contributed by atoms with Crippen LogP contribution in [0.1, 0.15) is 42.6 Å². The van der Waals surface area contributed by atoms with Gasteiger partial charge < -0.3 is 10.0 Å². The molecule has 0 bridgehead atoms. The van der Waals surface area contributed by atoms with E-state index in [0.717, 1.165) is 17.8 Å². The molecule has 6 nitrogen and oxygen atoms in total. The summed E-state index contributed by atoms with van der Waals surface area (Å²) in [6.45, 7) is 7.85. The minimum atomic E-state index is -0.519. The zero-order valence-electron chi connectivity index (χ0n) is 15.8. The third-order valence-corrected chi connectivity index (χ3v) is 4.86. The van der Waals surface area contributed by atoms with E-state index in [2.05, 4.69) is 23.9 Å². The first-order valence-corrected chi connectivity index (χ1v) is 9.41. The molecule has 0 radical (unpaired) electrons. The normalized spacial score (nSPS) is 20.1. The van der Waals surface area contributed by atoms with Crippen LogP contribution in [-0.4, -0.2) is 49.9 Å². The predicted molar refractivity (Wildman–Crippen MR) is 99.8 cm³/mol. The second-order valence-electron chi connectivity index (χ2n) is 7.50. The number of nitrogens with zero attached hydrogens (tertiary/aromatic N) is 4. The second-order valence-corrected chi connectivity index (χ2v) is 7.50. The highest BCUT2D eigenvalue weighted by Crippen LogP contribution is 2.23. The largest absolute Gasteiger partial charge is 0.391 e. The number of aliphatic hydroxyl groups excluding tert-OH is 1. The van der Waals surface area contributed by atoms with Crippen LogP contribution in [0.15, 0.2) is 30.5 Å². The van der Waals surface area contributed by atoms with Crippen molar-refractivity contribution in [1.29, 1.82) is 0 Å². The maximum atomic E-state index is 13.0. The Morgan fingerprint density at radius 1 is 1.31 bits per heavy atom. The van der Waals surface area contributed by atoms with Gasteiger partial charge in [0, 0.05) is 37.4 Å². The summed E-state index contributed by atoms with van der Waals surface area (Å²) in [5, 5.41) is 15.0. The molecule has 2 unspecified atom stereocenters. The van der Waals surface area contributed by atoms with Gasteiger partial charge in [0.25, 0.3) is 5.91 Å². The summed E-state index contributed by atoms with van der Waals surface area (Å²) in [4.78, 5) is 19.1. The number of β-amino-alcohol motifs (C(OH)–C–C–N with tert-alkyl or cyclic N) is 1. The Hall–Kier alpha value is -2.21. The second kappa shape index (κ2) is 7.99. The summed E-state index contributed by atoms with van der Waals surface area (Å²) in [5.41, 5.74) is 2.52. The maximum absolute atomic E-state index is 13.0. The van der Waals surface area contributed by atoms with Crippen LogP contribution in [0.4, 0.5) is 0 Å². The van der Waals surface area contributed by atoms with Crippen LogP contribution in [0.2, 0.25) is 0 Å². The van der Waals surface area contributed by atoms with Crippen LogP contribution < -0.4 is 0 Å². The van der Waals surface area contributed by atoms with Crippen molar-refractivity contribution in [3.8, 4) is 0 Å². The molecule has 1 aliphatic heterocycles. The SMILES string of the molecule is CCn1nc(CC(C)C)cc1C(=O)N1CC(O)C(Cc2ccccn2)C1. The highest BCUT2D eigenvalue weighted by molar-refractivity contribution is 5.93. The van der Waals surface area contributed by atoms with Gasteiger partial charge in [-0.1, -0.05) is 19.9 Å². The molecule has 1 fully saturated rings. The minimum absolute atomic E-state index is 0.0157. The lowest BCUT2D eigenvalue weighted by Crippen LogP contribution is -2.31. The van der Waals surface area contributed by atoms with E-state index in [1.165, 1.54) is 0 Å². The Balaban J connectivity index is 1.71. The first kappa shape index (κ1) is 18.6. The smallest absolute Gasteiger partial charge is 0.272 e. The van der Waals surface area contributed by atoms with Crippen molar-refractivity contribution >= 4 is 5.91 Å². The number of hydrogen-bond donors (Lipinski definition) is 1. The van der Waals surface area contributed by atoms with Crippen LogP contribution >= 0.6 is 0 Å². The number of pyridine rings is 1. The van der Waals surface area contributed by atoms with Gasteiger partial charge in [-0.2, -0.15) is 5.10 Å². The monoisotopic (exact) mass is 356 g/mol. The van der Waals surface area contributed by atoms with Crippen LogP contribution in [0.3, 0.4) is 0 Å². The standard InChI is InChI=1S/C20H28N4O2/c1-4-24-18(11-17(22-24)9-14(2)3)20(26)23-12-15(19(25)13-23)10-16-7-5-6-8-21-16/h5-8,11,14-15,19,25H,4,9-10,12-13H2,1-3H3. The molecule has 1 amide bonds. The van der Waals surface area contributed by atoms with Crippen LogP contribution in [-0.2, 0) is 19.4 Å². The first-order valence-electron chi connectivity index (χ1n) is 9.41. The number of aromatic nitrogens is 3. The van der Waals surface area contributed by atoms with E-state index < -0.39 is 6.10 Å². The molecule has 0 aromatic carbocycles. The molecule has 0 aliphatic carbocycles. The summed E-state index contributed by atoms with van der Waals surface area (Å²) < 4.78 is 1.78. The molecule has 3 rings (SSSR count). The zero-order chi connectivity index (χ0) is 18.7. The topological polar surface area (TPSA) is 71.2 Å². The number of aryl methyl sites for hydroxylation is 1. The van der Waals surface area contributed by atoms with E-state index in [9.17, 15) is 9.90 Å². The fourth-order valence-corrected chi connectivity index (χ4v) is 3.57. The van der Waals surface area contributed by atoms with E-state index in [-0.39, 0.29) is 11.8 Å². The average molecular weight is 356 g/mol. The number of carbonyl (C=O) groups is 1. The molecule has 26 heavy (non-hydrogen) atoms. The Morgan fingerprint density at radius 2 is 2.12 bits per heavy atom. The Morgan fingerprint density at radius 3 is 2.77 bits per heavy atom. The van der Waals surface area contributed by atoms with Crippen LogP contribution in [0.5, 0.6) is 0 Å². The molecule has 0 spiro atoms. The number of aliphatic hydroxyl groups is 1. The average Bonchev–Trinajstić information content (AvgIpc) is 3.18. The number of carbonyl (C=O) groups excluding carboxylic acids is 1. The molecule has 0 saturated carbocycles. The first-order chi connectivity index (χ1) is 12.5. The van der Waals surface area contributed by atoms with Crippen LogP contribution in [0.25, 0.3) is 0 Å². The Labute approximate surface area is 154 Å². The quantitative estimate of drug-likeness (QED) is 0.861. The maximum Gasteiger partial charge on any atom is 0.272 e. The fraction of sp³-hybridized carbons (Fsp3) is 0.550. The lowest BCUT2D eigenvalue weighted by Gasteiger charge is -2.16. The van der Waals surface area contributed by atoms with Crippen molar-refractivity contribution in [2.75, 3.05) is 13.1 Å². The van der Waals surface area contributed by atoms with Crippen molar-refractivity contribution in [2.24, 2.45) is 11.8 Å². The molecule has 3 heterocycles. The molecule has 2 atom stereocenters. The third kappa shape index (κ3) is 4.12. The minimum Gasteiger partial charge on any atom is -0.391 e. The van der Waals surface area contributed by atoms with Crippen molar-refractivity contribution < 1.29 is 9.90 Å². The van der Waals surface area contributed by atoms with Gasteiger partial charge in [-0.25, -0.2) is 0 Å². The fourth-order valence-electron chi connectivity index (χ4n) is 3.57. The lowest BCUT2D eigenvalue weighted by molar-refractivity contribution is 0.0752. The molecule has 1 saturated heterocycles. The molecule has 2 aromatic heterocycles. The number of amides is 1. The van der Waals surface area contributed by atoms with Crippen LogP contribution in [0, 0.1) is 11.8 Å². The van der Waals surface area contributed by atoms with E-state index in [1.54, 1.807) is 15.8 Å². The van der Waals surface area contributed by atoms with Gasteiger partial charge in [-0.3, -0.25) is 14.5 Å². The molecule has 2 aromatic rings. The summed E-state index contributed by atoms with van der Waals surface area (Å²) in [5.74, 6) is 0.466. The highest BCUT2D eigenvalue weighted by Gasteiger charge is 2.35. The molecule has 6 heteroatoms. The summed E-state index contributed by atoms with van der Waals surface area (Å²) >= 11 is 0. The van der Waals surface area contributed by atoms with Gasteiger partial charge >= 0.3 is 0 Å². The predicted octanol–water partition coefficient (Wildman–Crippen LogP) is 2.17. The lowest BCUT2D eigenvalue weighted by atomic mass is 10.00. The molecular formula is C20H28N4O2. The van der Waals surface area contributed by atoms with Crippen molar-refractivity contribution in [3.63, 3.8) is 0 Å². The van der Waals surface area contributed by atoms with Crippen molar-refractivity contribution in [1.82, 2.24) is 19.7 Å². The molecule has 140 valence electrons. The van der Waals surface area contributed by atoms with E-state index in [0.29, 0.717) is 37.7 Å². The summed E-state index contributed by atoms with van der Waals surface area (Å²) in [6.07, 6.45) is 2.78. The molecule has 1 aliphatic rings.